The first kappa shape index (κ1) is 7.41. The van der Waals surface area contributed by atoms with Crippen LogP contribution in [0, 0.1) is 16.7 Å². The Morgan fingerprint density at radius 2 is 2.40 bits per heavy atom. The topological polar surface area (TPSA) is 50.9 Å². The molecule has 56 valence electrons. The van der Waals surface area contributed by atoms with E-state index < -0.39 is 0 Å². The van der Waals surface area contributed by atoms with Crippen LogP contribution in [0.2, 0.25) is 0 Å². The molecule has 1 fully saturated rings. The van der Waals surface area contributed by atoms with E-state index in [4.69, 9.17) is 10.8 Å². The van der Waals surface area contributed by atoms with Crippen molar-refractivity contribution in [2.75, 3.05) is 20.1 Å². The fourth-order valence-electron chi connectivity index (χ4n) is 1.19. The van der Waals surface area contributed by atoms with Crippen LogP contribution >= 0.6 is 0 Å². The summed E-state index contributed by atoms with van der Waals surface area (Å²) in [7, 11) is 2.03. The van der Waals surface area contributed by atoms with Crippen molar-refractivity contribution in [1.29, 1.82) is 10.8 Å². The van der Waals surface area contributed by atoms with Gasteiger partial charge in [-0.2, -0.15) is 0 Å². The fourth-order valence-corrected chi connectivity index (χ4v) is 1.19. The largest absolute Gasteiger partial charge is 0.312 e. The van der Waals surface area contributed by atoms with E-state index >= 15 is 0 Å². The molecule has 0 radical (unpaired) electrons. The Balaban J connectivity index is 2.53. The van der Waals surface area contributed by atoms with Crippen LogP contribution in [0.5, 0.6) is 0 Å². The minimum atomic E-state index is 0.0822. The highest BCUT2D eigenvalue weighted by atomic mass is 15.1. The van der Waals surface area contributed by atoms with E-state index in [0.717, 1.165) is 19.5 Å². The van der Waals surface area contributed by atoms with Crippen molar-refractivity contribution in [3.63, 3.8) is 0 Å². The molecule has 3 nitrogen and oxygen atoms in total. The van der Waals surface area contributed by atoms with Gasteiger partial charge in [0.1, 0.15) is 0 Å². The molecule has 0 aromatic rings. The monoisotopic (exact) mass is 139 g/mol. The van der Waals surface area contributed by atoms with Gasteiger partial charge in [0.25, 0.3) is 0 Å². The molecule has 1 aliphatic heterocycles. The average Bonchev–Trinajstić information content (AvgIpc) is 1.94. The second kappa shape index (κ2) is 2.92. The molecule has 0 bridgehead atoms. The van der Waals surface area contributed by atoms with Gasteiger partial charge in [0, 0.05) is 30.9 Å². The Bertz CT molecular complexity index is 153. The van der Waals surface area contributed by atoms with E-state index in [1.807, 2.05) is 7.05 Å². The van der Waals surface area contributed by atoms with Gasteiger partial charge < -0.3 is 15.7 Å². The molecule has 1 rings (SSSR count). The zero-order valence-electron chi connectivity index (χ0n) is 6.22. The van der Waals surface area contributed by atoms with Crippen LogP contribution in [0.4, 0.5) is 0 Å². The maximum Gasteiger partial charge on any atom is 0.0440 e. The van der Waals surface area contributed by atoms with Crippen molar-refractivity contribution in [2.24, 2.45) is 5.92 Å². The molecule has 3 heteroatoms. The molecular weight excluding hydrogens is 126 g/mol. The second-order valence-corrected chi connectivity index (χ2v) is 2.81. The number of hydrogen-bond acceptors (Lipinski definition) is 3. The molecule has 0 amide bonds. The molecule has 0 spiro atoms. The molecule has 1 aliphatic rings. The van der Waals surface area contributed by atoms with Crippen LogP contribution in [0.25, 0.3) is 0 Å². The van der Waals surface area contributed by atoms with Crippen molar-refractivity contribution in [3.8, 4) is 0 Å². The molecule has 0 aromatic carbocycles. The molecule has 0 aromatic heterocycles. The van der Waals surface area contributed by atoms with Gasteiger partial charge in [-0.05, 0) is 13.5 Å². The highest BCUT2D eigenvalue weighted by molar-refractivity contribution is 5.96. The van der Waals surface area contributed by atoms with E-state index in [9.17, 15) is 0 Å². The van der Waals surface area contributed by atoms with Crippen molar-refractivity contribution in [3.05, 3.63) is 0 Å². The third kappa shape index (κ3) is 1.42. The lowest BCUT2D eigenvalue weighted by Gasteiger charge is -2.27. The molecule has 10 heavy (non-hydrogen) atoms. The summed E-state index contributed by atoms with van der Waals surface area (Å²) < 4.78 is 0. The summed E-state index contributed by atoms with van der Waals surface area (Å²) in [6, 6.07) is 0. The zero-order valence-corrected chi connectivity index (χ0v) is 6.22. The normalized spacial score (nSPS) is 28.5. The fraction of sp³-hybridized carbons (Fsp3) is 0.714. The molecule has 1 unspecified atom stereocenters. The van der Waals surface area contributed by atoms with Crippen molar-refractivity contribution in [1.82, 2.24) is 4.90 Å². The van der Waals surface area contributed by atoms with Crippen LogP contribution in [0.3, 0.4) is 0 Å². The predicted octanol–water partition coefficient (Wildman–Crippen LogP) is 0.607. The summed E-state index contributed by atoms with van der Waals surface area (Å²) in [5, 5.41) is 14.5. The lowest BCUT2D eigenvalue weighted by molar-refractivity contribution is 0.317. The van der Waals surface area contributed by atoms with Crippen molar-refractivity contribution < 1.29 is 0 Å². The summed E-state index contributed by atoms with van der Waals surface area (Å²) in [5.41, 5.74) is 0.716. The number of likely N-dealkylation sites (tertiary alicyclic amines) is 1. The lowest BCUT2D eigenvalue weighted by Crippen LogP contribution is -2.38. The zero-order chi connectivity index (χ0) is 7.56. The lowest BCUT2D eigenvalue weighted by atomic mass is 9.97. The summed E-state index contributed by atoms with van der Waals surface area (Å²) >= 11 is 0. The standard InChI is InChI=1S/C7H13N3/c1-10-3-2-7(9)6(4-8)5-10/h4,6,8-9H,2-3,5H2,1H3. The van der Waals surface area contributed by atoms with Gasteiger partial charge in [-0.1, -0.05) is 0 Å². The first-order valence-electron chi connectivity index (χ1n) is 3.50. The molecule has 0 aliphatic carbocycles. The molecular formula is C7H13N3. The third-order valence-corrected chi connectivity index (χ3v) is 1.92. The third-order valence-electron chi connectivity index (χ3n) is 1.92. The Morgan fingerprint density at radius 3 is 2.90 bits per heavy atom. The number of piperidine rings is 1. The van der Waals surface area contributed by atoms with E-state index in [1.54, 1.807) is 0 Å². The van der Waals surface area contributed by atoms with E-state index in [-0.39, 0.29) is 5.92 Å². The van der Waals surface area contributed by atoms with Crippen LogP contribution in [0.1, 0.15) is 6.42 Å². The number of nitrogens with one attached hydrogen (secondary N) is 2. The molecule has 1 atom stereocenters. The Morgan fingerprint density at radius 1 is 1.70 bits per heavy atom. The summed E-state index contributed by atoms with van der Waals surface area (Å²) in [5.74, 6) is 0.0822. The summed E-state index contributed by atoms with van der Waals surface area (Å²) in [4.78, 5) is 2.16. The molecule has 0 saturated carbocycles. The van der Waals surface area contributed by atoms with E-state index in [2.05, 4.69) is 4.90 Å². The highest BCUT2D eigenvalue weighted by Gasteiger charge is 2.19. The highest BCUT2D eigenvalue weighted by Crippen LogP contribution is 2.08. The minimum Gasteiger partial charge on any atom is -0.312 e. The first-order chi connectivity index (χ1) is 4.74. The van der Waals surface area contributed by atoms with Gasteiger partial charge >= 0.3 is 0 Å². The SMILES string of the molecule is CN1CCC(=N)C(C=N)C1. The Kier molecular flexibility index (Phi) is 2.17. The first-order valence-corrected chi connectivity index (χ1v) is 3.50. The van der Waals surface area contributed by atoms with Crippen LogP contribution < -0.4 is 0 Å². The second-order valence-electron chi connectivity index (χ2n) is 2.81. The minimum absolute atomic E-state index is 0.0822. The number of hydrogen-bond donors (Lipinski definition) is 2. The molecule has 1 saturated heterocycles. The van der Waals surface area contributed by atoms with Gasteiger partial charge in [0.2, 0.25) is 0 Å². The maximum absolute atomic E-state index is 7.46. The smallest absolute Gasteiger partial charge is 0.0440 e. The van der Waals surface area contributed by atoms with Crippen LogP contribution in [0.15, 0.2) is 0 Å². The molecule has 1 heterocycles. The van der Waals surface area contributed by atoms with Crippen molar-refractivity contribution in [2.45, 2.75) is 6.42 Å². The van der Waals surface area contributed by atoms with Crippen LogP contribution in [-0.2, 0) is 0 Å². The van der Waals surface area contributed by atoms with E-state index in [0.29, 0.717) is 5.71 Å². The number of nitrogens with zero attached hydrogens (tertiary/aromatic N) is 1. The number of rotatable bonds is 1. The van der Waals surface area contributed by atoms with Gasteiger partial charge in [0.15, 0.2) is 0 Å². The Labute approximate surface area is 61.1 Å². The predicted molar refractivity (Wildman–Crippen MR) is 42.1 cm³/mol. The maximum atomic E-state index is 7.46. The van der Waals surface area contributed by atoms with Gasteiger partial charge in [-0.3, -0.25) is 0 Å². The quantitative estimate of drug-likeness (QED) is 0.514. The Hall–Kier alpha value is -0.700. The van der Waals surface area contributed by atoms with Crippen molar-refractivity contribution >= 4 is 11.9 Å². The van der Waals surface area contributed by atoms with Gasteiger partial charge in [-0.25, -0.2) is 0 Å². The molecule has 2 N–H and O–H groups in total. The average molecular weight is 139 g/mol. The van der Waals surface area contributed by atoms with Gasteiger partial charge in [0.05, 0.1) is 0 Å². The van der Waals surface area contributed by atoms with E-state index in [1.165, 1.54) is 6.21 Å². The van der Waals surface area contributed by atoms with Crippen LogP contribution in [-0.4, -0.2) is 37.0 Å². The summed E-state index contributed by atoms with van der Waals surface area (Å²) in [6.07, 6.45) is 2.20. The summed E-state index contributed by atoms with van der Waals surface area (Å²) in [6.45, 7) is 1.82. The van der Waals surface area contributed by atoms with Gasteiger partial charge in [-0.15, -0.1) is 0 Å².